The fraction of sp³-hybridized carbons (Fsp3) is 0.562. The van der Waals surface area contributed by atoms with Gasteiger partial charge in [-0.05, 0) is 63.0 Å². The van der Waals surface area contributed by atoms with Crippen molar-refractivity contribution in [1.29, 1.82) is 0 Å². The number of fused-ring (bicyclic) bond motifs is 1. The van der Waals surface area contributed by atoms with Gasteiger partial charge in [-0.2, -0.15) is 0 Å². The lowest BCUT2D eigenvalue weighted by molar-refractivity contribution is 0.295. The molecule has 21 heavy (non-hydrogen) atoms. The Morgan fingerprint density at radius 1 is 1.48 bits per heavy atom. The molecule has 0 saturated carbocycles. The van der Waals surface area contributed by atoms with Crippen LogP contribution in [0.5, 0.6) is 0 Å². The van der Waals surface area contributed by atoms with Gasteiger partial charge in [0.2, 0.25) is 0 Å². The van der Waals surface area contributed by atoms with Gasteiger partial charge in [0.25, 0.3) is 0 Å². The normalized spacial score (nSPS) is 21.8. The van der Waals surface area contributed by atoms with Crippen molar-refractivity contribution < 1.29 is 0 Å². The number of nitrogens with zero attached hydrogens (tertiary/aromatic N) is 2. The third-order valence-corrected chi connectivity index (χ3v) is 5.53. The highest BCUT2D eigenvalue weighted by molar-refractivity contribution is 8.14. The van der Waals surface area contributed by atoms with Gasteiger partial charge in [-0.25, -0.2) is 0 Å². The molecule has 114 valence electrons. The van der Waals surface area contributed by atoms with Crippen LogP contribution in [0.1, 0.15) is 31.2 Å². The summed E-state index contributed by atoms with van der Waals surface area (Å²) < 4.78 is 0. The smallest absolute Gasteiger partial charge is 0.161 e. The van der Waals surface area contributed by atoms with Gasteiger partial charge in [-0.1, -0.05) is 23.4 Å². The Labute approximate surface area is 136 Å². The molecule has 0 bridgehead atoms. The lowest BCUT2D eigenvalue weighted by Gasteiger charge is -2.20. The number of hydrogen-bond donors (Lipinski definition) is 1. The summed E-state index contributed by atoms with van der Waals surface area (Å²) >= 11 is 7.84. The quantitative estimate of drug-likeness (QED) is 0.840. The average molecular weight is 324 g/mol. The first-order chi connectivity index (χ1) is 10.2. The molecule has 1 saturated heterocycles. The van der Waals surface area contributed by atoms with Gasteiger partial charge in [0.1, 0.15) is 0 Å². The molecule has 1 aromatic carbocycles. The van der Waals surface area contributed by atoms with Crippen molar-refractivity contribution >= 4 is 34.2 Å². The molecule has 2 aliphatic rings. The standard InChI is InChI=1S/C16H22ClN3S/c1-20-8-2-4-14(20)5-3-9-21-16-18-11-12-10-13(17)6-7-15(12)19-16/h6-7,10,14H,2-5,8-9,11H2,1H3,(H,18,19). The molecule has 1 fully saturated rings. The second kappa shape index (κ2) is 7.03. The SMILES string of the molecule is CN1CCCC1CCCSC1=NCc2cc(Cl)ccc2N1. The van der Waals surface area contributed by atoms with Crippen LogP contribution in [0.4, 0.5) is 5.69 Å². The van der Waals surface area contributed by atoms with Crippen molar-refractivity contribution in [2.45, 2.75) is 38.3 Å². The summed E-state index contributed by atoms with van der Waals surface area (Å²) in [6.07, 6.45) is 5.30. The number of halogens is 1. The van der Waals surface area contributed by atoms with E-state index in [4.69, 9.17) is 11.6 Å². The number of benzene rings is 1. The molecule has 2 heterocycles. The number of thioether (sulfide) groups is 1. The molecule has 0 radical (unpaired) electrons. The van der Waals surface area contributed by atoms with E-state index in [0.717, 1.165) is 34.2 Å². The summed E-state index contributed by atoms with van der Waals surface area (Å²) in [5, 5.41) is 5.23. The number of nitrogens with one attached hydrogen (secondary N) is 1. The van der Waals surface area contributed by atoms with Crippen molar-refractivity contribution in [3.05, 3.63) is 28.8 Å². The van der Waals surface area contributed by atoms with Gasteiger partial charge < -0.3 is 10.2 Å². The second-order valence-electron chi connectivity index (χ2n) is 5.82. The first-order valence-corrected chi connectivity index (χ1v) is 9.01. The van der Waals surface area contributed by atoms with Gasteiger partial charge in [0, 0.05) is 22.5 Å². The molecule has 1 atom stereocenters. The van der Waals surface area contributed by atoms with Crippen LogP contribution < -0.4 is 5.32 Å². The Hall–Kier alpha value is -0.710. The zero-order valence-electron chi connectivity index (χ0n) is 12.4. The van der Waals surface area contributed by atoms with E-state index in [9.17, 15) is 0 Å². The maximum Gasteiger partial charge on any atom is 0.161 e. The predicted molar refractivity (Wildman–Crippen MR) is 93.6 cm³/mol. The Balaban J connectivity index is 1.43. The van der Waals surface area contributed by atoms with Crippen LogP contribution in [0, 0.1) is 0 Å². The first-order valence-electron chi connectivity index (χ1n) is 7.65. The number of rotatable bonds is 4. The van der Waals surface area contributed by atoms with Crippen molar-refractivity contribution in [3.63, 3.8) is 0 Å². The molecule has 3 rings (SSSR count). The third-order valence-electron chi connectivity index (χ3n) is 4.29. The van der Waals surface area contributed by atoms with Crippen molar-refractivity contribution in [2.75, 3.05) is 24.7 Å². The van der Waals surface area contributed by atoms with Crippen LogP contribution in [-0.2, 0) is 6.54 Å². The fourth-order valence-corrected chi connectivity index (χ4v) is 4.08. The minimum absolute atomic E-state index is 0.733. The van der Waals surface area contributed by atoms with Crippen LogP contribution in [0.3, 0.4) is 0 Å². The molecule has 0 aromatic heterocycles. The number of likely N-dealkylation sites (tertiary alicyclic amines) is 1. The van der Waals surface area contributed by atoms with E-state index in [1.165, 1.54) is 37.8 Å². The highest BCUT2D eigenvalue weighted by atomic mass is 35.5. The van der Waals surface area contributed by atoms with Gasteiger partial charge in [-0.15, -0.1) is 0 Å². The predicted octanol–water partition coefficient (Wildman–Crippen LogP) is 4.23. The minimum atomic E-state index is 0.733. The summed E-state index contributed by atoms with van der Waals surface area (Å²) in [7, 11) is 2.25. The number of amidine groups is 1. The minimum Gasteiger partial charge on any atom is -0.335 e. The Bertz CT molecular complexity index is 532. The van der Waals surface area contributed by atoms with E-state index in [-0.39, 0.29) is 0 Å². The van der Waals surface area contributed by atoms with Crippen molar-refractivity contribution in [3.8, 4) is 0 Å². The van der Waals surface area contributed by atoms with E-state index in [2.05, 4.69) is 22.3 Å². The number of aliphatic imine (C=N–C) groups is 1. The van der Waals surface area contributed by atoms with Crippen LogP contribution in [0.15, 0.2) is 23.2 Å². The Morgan fingerprint density at radius 2 is 2.38 bits per heavy atom. The molecule has 0 amide bonds. The van der Waals surface area contributed by atoms with E-state index < -0.39 is 0 Å². The van der Waals surface area contributed by atoms with Crippen LogP contribution in [-0.4, -0.2) is 35.5 Å². The maximum atomic E-state index is 6.00. The summed E-state index contributed by atoms with van der Waals surface area (Å²) in [5.74, 6) is 1.14. The molecule has 0 spiro atoms. The molecule has 0 aliphatic carbocycles. The maximum absolute atomic E-state index is 6.00. The topological polar surface area (TPSA) is 27.6 Å². The zero-order valence-corrected chi connectivity index (χ0v) is 14.0. The lowest BCUT2D eigenvalue weighted by atomic mass is 10.1. The third kappa shape index (κ3) is 3.93. The molecule has 2 aliphatic heterocycles. The van der Waals surface area contributed by atoms with E-state index in [1.54, 1.807) is 0 Å². The molecule has 1 unspecified atom stereocenters. The van der Waals surface area contributed by atoms with Crippen LogP contribution in [0.25, 0.3) is 0 Å². The first kappa shape index (κ1) is 15.2. The second-order valence-corrected chi connectivity index (χ2v) is 7.34. The largest absolute Gasteiger partial charge is 0.335 e. The van der Waals surface area contributed by atoms with Crippen molar-refractivity contribution in [2.24, 2.45) is 4.99 Å². The van der Waals surface area contributed by atoms with Gasteiger partial charge in [-0.3, -0.25) is 4.99 Å². The molecule has 3 nitrogen and oxygen atoms in total. The summed E-state index contributed by atoms with van der Waals surface area (Å²) in [5.41, 5.74) is 2.33. The Kier molecular flexibility index (Phi) is 5.09. The van der Waals surface area contributed by atoms with Gasteiger partial charge >= 0.3 is 0 Å². The number of hydrogen-bond acceptors (Lipinski definition) is 4. The lowest BCUT2D eigenvalue weighted by Crippen LogP contribution is -2.24. The van der Waals surface area contributed by atoms with E-state index in [1.807, 2.05) is 30.0 Å². The van der Waals surface area contributed by atoms with Crippen LogP contribution >= 0.6 is 23.4 Å². The fourth-order valence-electron chi connectivity index (χ4n) is 3.04. The van der Waals surface area contributed by atoms with Gasteiger partial charge in [0.05, 0.1) is 6.54 Å². The highest BCUT2D eigenvalue weighted by Crippen LogP contribution is 2.27. The molecular weight excluding hydrogens is 302 g/mol. The summed E-state index contributed by atoms with van der Waals surface area (Å²) in [6.45, 7) is 2.00. The van der Waals surface area contributed by atoms with E-state index in [0.29, 0.717) is 0 Å². The Morgan fingerprint density at radius 3 is 3.19 bits per heavy atom. The van der Waals surface area contributed by atoms with Crippen LogP contribution in [0.2, 0.25) is 5.02 Å². The average Bonchev–Trinajstić information content (AvgIpc) is 2.89. The van der Waals surface area contributed by atoms with E-state index >= 15 is 0 Å². The molecular formula is C16H22ClN3S. The monoisotopic (exact) mass is 323 g/mol. The number of anilines is 1. The summed E-state index contributed by atoms with van der Waals surface area (Å²) in [4.78, 5) is 7.10. The molecule has 5 heteroatoms. The molecule has 1 N–H and O–H groups in total. The zero-order chi connectivity index (χ0) is 14.7. The van der Waals surface area contributed by atoms with Crippen molar-refractivity contribution in [1.82, 2.24) is 4.90 Å². The van der Waals surface area contributed by atoms with Gasteiger partial charge in [0.15, 0.2) is 5.17 Å². The highest BCUT2D eigenvalue weighted by Gasteiger charge is 2.20. The molecule has 1 aromatic rings. The summed E-state index contributed by atoms with van der Waals surface area (Å²) in [6, 6.07) is 6.76.